The van der Waals surface area contributed by atoms with E-state index in [1.54, 1.807) is 0 Å². The Morgan fingerprint density at radius 3 is 2.12 bits per heavy atom. The van der Waals surface area contributed by atoms with Gasteiger partial charge in [0.15, 0.2) is 0 Å². The third kappa shape index (κ3) is 1.76. The number of alkyl halides is 2. The molecule has 0 radical (unpaired) electrons. The van der Waals surface area contributed by atoms with Crippen LogP contribution in [0.25, 0.3) is 0 Å². The summed E-state index contributed by atoms with van der Waals surface area (Å²) in [5.74, 6) is -7.74. The zero-order chi connectivity index (χ0) is 12.1. The second-order valence-corrected chi connectivity index (χ2v) is 4.54. The van der Waals surface area contributed by atoms with Gasteiger partial charge in [-0.3, -0.25) is 4.79 Å². The molecule has 0 bridgehead atoms. The zero-order valence-electron chi connectivity index (χ0n) is 7.75. The average Bonchev–Trinajstić information content (AvgIpc) is 2.67. The molecule has 0 heterocycles. The van der Waals surface area contributed by atoms with E-state index in [-0.39, 0.29) is 15.6 Å². The highest BCUT2D eigenvalue weighted by molar-refractivity contribution is 6.34. The summed E-state index contributed by atoms with van der Waals surface area (Å²) in [6.45, 7) is 0. The van der Waals surface area contributed by atoms with Gasteiger partial charge in [-0.2, -0.15) is 0 Å². The van der Waals surface area contributed by atoms with Crippen LogP contribution in [-0.2, 0) is 4.79 Å². The maximum atomic E-state index is 13.2. The fourth-order valence-corrected chi connectivity index (χ4v) is 2.35. The van der Waals surface area contributed by atoms with Gasteiger partial charge in [-0.15, -0.1) is 0 Å². The summed E-state index contributed by atoms with van der Waals surface area (Å²) in [6, 6.07) is 4.03. The molecule has 0 aliphatic heterocycles. The summed E-state index contributed by atoms with van der Waals surface area (Å²) in [5, 5.41) is 9.05. The SMILES string of the molecule is O=C(O)C1[C@@H](c2cc(Cl)cc(Cl)c2)C1(F)F. The Bertz CT molecular complexity index is 442. The van der Waals surface area contributed by atoms with E-state index >= 15 is 0 Å². The molecule has 0 saturated heterocycles. The number of rotatable bonds is 2. The lowest BCUT2D eigenvalue weighted by atomic mass is 10.1. The molecule has 1 N–H and O–H groups in total. The molecule has 1 aromatic carbocycles. The van der Waals surface area contributed by atoms with Gasteiger partial charge in [0, 0.05) is 10.0 Å². The maximum Gasteiger partial charge on any atom is 0.313 e. The maximum absolute atomic E-state index is 13.2. The van der Waals surface area contributed by atoms with Crippen LogP contribution in [0.15, 0.2) is 18.2 Å². The van der Waals surface area contributed by atoms with Gasteiger partial charge in [0.05, 0.1) is 5.92 Å². The molecule has 1 aliphatic rings. The van der Waals surface area contributed by atoms with Crippen molar-refractivity contribution < 1.29 is 18.7 Å². The van der Waals surface area contributed by atoms with E-state index in [1.165, 1.54) is 18.2 Å². The number of hydrogen-bond acceptors (Lipinski definition) is 1. The Morgan fingerprint density at radius 1 is 1.25 bits per heavy atom. The summed E-state index contributed by atoms with van der Waals surface area (Å²) in [4.78, 5) is 10.6. The zero-order valence-corrected chi connectivity index (χ0v) is 9.27. The van der Waals surface area contributed by atoms with Crippen LogP contribution in [0.2, 0.25) is 10.0 Å². The number of halogens is 4. The number of benzene rings is 1. The van der Waals surface area contributed by atoms with Crippen LogP contribution in [0.1, 0.15) is 11.5 Å². The van der Waals surface area contributed by atoms with Gasteiger partial charge in [0.1, 0.15) is 5.92 Å². The Hall–Kier alpha value is -0.870. The predicted octanol–water partition coefficient (Wildman–Crippen LogP) is 3.43. The molecular weight excluding hydrogens is 261 g/mol. The largest absolute Gasteiger partial charge is 0.481 e. The van der Waals surface area contributed by atoms with Crippen molar-refractivity contribution in [2.24, 2.45) is 5.92 Å². The number of hydrogen-bond donors (Lipinski definition) is 1. The Labute approximate surface area is 99.8 Å². The minimum atomic E-state index is -3.22. The topological polar surface area (TPSA) is 37.3 Å². The fraction of sp³-hybridized carbons (Fsp3) is 0.300. The third-order valence-corrected chi connectivity index (χ3v) is 3.00. The lowest BCUT2D eigenvalue weighted by Crippen LogP contribution is -2.04. The van der Waals surface area contributed by atoms with Gasteiger partial charge in [0.2, 0.25) is 0 Å². The molecule has 0 amide bonds. The van der Waals surface area contributed by atoms with Crippen LogP contribution in [-0.4, -0.2) is 17.0 Å². The van der Waals surface area contributed by atoms with Gasteiger partial charge < -0.3 is 5.11 Å². The average molecular weight is 267 g/mol. The molecule has 86 valence electrons. The molecule has 2 nitrogen and oxygen atoms in total. The predicted molar refractivity (Wildman–Crippen MR) is 55.3 cm³/mol. The minimum absolute atomic E-state index is 0.162. The highest BCUT2D eigenvalue weighted by Crippen LogP contribution is 2.61. The van der Waals surface area contributed by atoms with E-state index in [0.717, 1.165) is 0 Å². The molecule has 1 aliphatic carbocycles. The minimum Gasteiger partial charge on any atom is -0.481 e. The van der Waals surface area contributed by atoms with E-state index in [9.17, 15) is 13.6 Å². The molecule has 1 saturated carbocycles. The standard InChI is InChI=1S/C10H6Cl2F2O2/c11-5-1-4(2-6(12)3-5)7-8(9(15)16)10(7,13)14/h1-3,7-8H,(H,15,16)/t7-,8?/m1/s1. The van der Waals surface area contributed by atoms with Crippen LogP contribution in [0, 0.1) is 5.92 Å². The van der Waals surface area contributed by atoms with Crippen molar-refractivity contribution in [2.75, 3.05) is 0 Å². The van der Waals surface area contributed by atoms with E-state index in [4.69, 9.17) is 28.3 Å². The van der Waals surface area contributed by atoms with E-state index in [1.807, 2.05) is 0 Å². The van der Waals surface area contributed by atoms with Gasteiger partial charge >= 0.3 is 5.97 Å². The summed E-state index contributed by atoms with van der Waals surface area (Å²) < 4.78 is 26.4. The molecule has 16 heavy (non-hydrogen) atoms. The molecule has 1 fully saturated rings. The second-order valence-electron chi connectivity index (χ2n) is 3.67. The summed E-state index contributed by atoms with van der Waals surface area (Å²) in [6.07, 6.45) is 0. The third-order valence-electron chi connectivity index (χ3n) is 2.56. The summed E-state index contributed by atoms with van der Waals surface area (Å²) in [5.41, 5.74) is 0.162. The summed E-state index contributed by atoms with van der Waals surface area (Å²) in [7, 11) is 0. The van der Waals surface area contributed by atoms with Gasteiger partial charge in [-0.1, -0.05) is 23.2 Å². The highest BCUT2D eigenvalue weighted by atomic mass is 35.5. The lowest BCUT2D eigenvalue weighted by molar-refractivity contribution is -0.140. The van der Waals surface area contributed by atoms with Crippen LogP contribution in [0.4, 0.5) is 8.78 Å². The lowest BCUT2D eigenvalue weighted by Gasteiger charge is -2.00. The molecule has 0 aromatic heterocycles. The van der Waals surface area contributed by atoms with Crippen molar-refractivity contribution in [1.29, 1.82) is 0 Å². The van der Waals surface area contributed by atoms with E-state index < -0.39 is 23.7 Å². The molecule has 0 spiro atoms. The smallest absolute Gasteiger partial charge is 0.313 e. The molecule has 1 unspecified atom stereocenters. The van der Waals surface area contributed by atoms with Crippen LogP contribution < -0.4 is 0 Å². The normalized spacial score (nSPS) is 26.5. The van der Waals surface area contributed by atoms with Crippen LogP contribution in [0.3, 0.4) is 0 Å². The Kier molecular flexibility index (Phi) is 2.59. The van der Waals surface area contributed by atoms with Crippen molar-refractivity contribution in [3.63, 3.8) is 0 Å². The Morgan fingerprint density at radius 2 is 1.75 bits per heavy atom. The second kappa shape index (κ2) is 3.57. The summed E-state index contributed by atoms with van der Waals surface area (Å²) >= 11 is 11.3. The first-order valence-corrected chi connectivity index (χ1v) is 5.16. The van der Waals surface area contributed by atoms with Crippen LogP contribution >= 0.6 is 23.2 Å². The number of carboxylic acid groups (broad SMARTS) is 1. The number of carboxylic acids is 1. The van der Waals surface area contributed by atoms with Crippen molar-refractivity contribution in [3.8, 4) is 0 Å². The van der Waals surface area contributed by atoms with Gasteiger partial charge in [-0.25, -0.2) is 8.78 Å². The monoisotopic (exact) mass is 266 g/mol. The Balaban J connectivity index is 2.37. The first kappa shape index (κ1) is 11.6. The van der Waals surface area contributed by atoms with Crippen molar-refractivity contribution in [1.82, 2.24) is 0 Å². The van der Waals surface area contributed by atoms with E-state index in [2.05, 4.69) is 0 Å². The molecule has 2 atom stereocenters. The van der Waals surface area contributed by atoms with E-state index in [0.29, 0.717) is 0 Å². The molecule has 1 aromatic rings. The van der Waals surface area contributed by atoms with Crippen molar-refractivity contribution >= 4 is 29.2 Å². The number of carbonyl (C=O) groups is 1. The van der Waals surface area contributed by atoms with Crippen molar-refractivity contribution in [3.05, 3.63) is 33.8 Å². The highest BCUT2D eigenvalue weighted by Gasteiger charge is 2.72. The molecular formula is C10H6Cl2F2O2. The van der Waals surface area contributed by atoms with Crippen LogP contribution in [0.5, 0.6) is 0 Å². The van der Waals surface area contributed by atoms with Crippen molar-refractivity contribution in [2.45, 2.75) is 11.8 Å². The first-order valence-electron chi connectivity index (χ1n) is 4.40. The molecule has 2 rings (SSSR count). The quantitative estimate of drug-likeness (QED) is 0.891. The van der Waals surface area contributed by atoms with Gasteiger partial charge in [0.25, 0.3) is 5.92 Å². The van der Waals surface area contributed by atoms with Gasteiger partial charge in [-0.05, 0) is 23.8 Å². The molecule has 6 heteroatoms. The fourth-order valence-electron chi connectivity index (χ4n) is 1.80. The number of aliphatic carboxylic acids is 1. The first-order chi connectivity index (χ1) is 7.34.